The zero-order chi connectivity index (χ0) is 25.4. The van der Waals surface area contributed by atoms with Gasteiger partial charge in [0.05, 0.1) is 6.54 Å². The van der Waals surface area contributed by atoms with E-state index in [1.165, 1.54) is 19.3 Å². The molecule has 9 heteroatoms. The summed E-state index contributed by atoms with van der Waals surface area (Å²) in [5.41, 5.74) is 2.92. The van der Waals surface area contributed by atoms with Crippen molar-refractivity contribution in [2.75, 3.05) is 26.3 Å². The van der Waals surface area contributed by atoms with Crippen LogP contribution in [-0.2, 0) is 27.1 Å². The van der Waals surface area contributed by atoms with E-state index in [-0.39, 0.29) is 25.0 Å². The largest absolute Gasteiger partial charge is 0.451 e. The van der Waals surface area contributed by atoms with Crippen molar-refractivity contribution in [2.45, 2.75) is 45.1 Å². The predicted molar refractivity (Wildman–Crippen MR) is 142 cm³/mol. The molecule has 1 aliphatic heterocycles. The molecule has 2 fully saturated rings. The molecular formula is C27H35N3O5P+. The van der Waals surface area contributed by atoms with E-state index in [0.29, 0.717) is 31.7 Å². The molecule has 1 unspecified atom stereocenters. The lowest BCUT2D eigenvalue weighted by Gasteiger charge is -2.15. The van der Waals surface area contributed by atoms with Crippen LogP contribution in [0.15, 0.2) is 54.7 Å². The second-order valence-corrected chi connectivity index (χ2v) is 11.3. The van der Waals surface area contributed by atoms with Gasteiger partial charge in [-0.3, -0.25) is 14.1 Å². The van der Waals surface area contributed by atoms with Crippen LogP contribution in [0.4, 0.5) is 0 Å². The molecule has 0 radical (unpaired) electrons. The first-order valence-electron chi connectivity index (χ1n) is 12.5. The molecule has 8 nitrogen and oxygen atoms in total. The quantitative estimate of drug-likeness (QED) is 0.345. The van der Waals surface area contributed by atoms with Crippen molar-refractivity contribution in [3.8, 4) is 5.75 Å². The van der Waals surface area contributed by atoms with E-state index in [1.54, 1.807) is 17.6 Å². The van der Waals surface area contributed by atoms with Crippen LogP contribution in [0.1, 0.15) is 43.2 Å². The van der Waals surface area contributed by atoms with Crippen LogP contribution in [0.5, 0.6) is 5.75 Å². The Bertz CT molecular complexity index is 1160. The van der Waals surface area contributed by atoms with Crippen LogP contribution in [-0.4, -0.2) is 52.9 Å². The summed E-state index contributed by atoms with van der Waals surface area (Å²) in [4.78, 5) is 39.3. The van der Waals surface area contributed by atoms with Crippen molar-refractivity contribution in [3.05, 3.63) is 65.9 Å². The molecule has 1 saturated heterocycles. The summed E-state index contributed by atoms with van der Waals surface area (Å²) < 4.78 is 11.5. The van der Waals surface area contributed by atoms with Gasteiger partial charge in [0.15, 0.2) is 5.75 Å². The highest BCUT2D eigenvalue weighted by atomic mass is 31.2. The summed E-state index contributed by atoms with van der Waals surface area (Å²) in [5.74, 6) is 0.414. The van der Waals surface area contributed by atoms with Crippen LogP contribution in [0, 0.1) is 0 Å². The minimum atomic E-state index is -3.06. The predicted octanol–water partition coefficient (Wildman–Crippen LogP) is 4.60. The Morgan fingerprint density at radius 2 is 1.92 bits per heavy atom. The number of H-pyrrole nitrogens is 1. The standard InChI is InChI=1S/C24H28N3O5P.C3H6/c1-33(30,31-17-18-6-3-2-4-7-18)32-20-9-10-22-21(14-20)19(15-26-22)11-12-25-23(28)16-27-13-5-8-24(27)29;1-2-3-1/h2-4,6-7,9-10,14-15,26,30H,5,8,11-13,16-17H2,1H3;1-3H2/p+1. The maximum atomic E-state index is 12.1. The van der Waals surface area contributed by atoms with Gasteiger partial charge in [0.2, 0.25) is 11.8 Å². The summed E-state index contributed by atoms with van der Waals surface area (Å²) in [7, 11) is -3.06. The Labute approximate surface area is 212 Å². The third kappa shape index (κ3) is 8.05. The zero-order valence-corrected chi connectivity index (χ0v) is 21.6. The average Bonchev–Trinajstić information content (AvgIpc) is 3.62. The molecule has 5 rings (SSSR count). The average molecular weight is 513 g/mol. The molecule has 192 valence electrons. The highest BCUT2D eigenvalue weighted by Gasteiger charge is 2.35. The summed E-state index contributed by atoms with van der Waals surface area (Å²) in [6.07, 6.45) is 8.38. The maximum absolute atomic E-state index is 12.1. The Kier molecular flexibility index (Phi) is 8.97. The van der Waals surface area contributed by atoms with Crippen molar-refractivity contribution in [1.29, 1.82) is 0 Å². The molecule has 1 aliphatic carbocycles. The van der Waals surface area contributed by atoms with Crippen molar-refractivity contribution in [1.82, 2.24) is 15.2 Å². The first-order valence-corrected chi connectivity index (χ1v) is 14.5. The molecule has 0 spiro atoms. The van der Waals surface area contributed by atoms with Crippen LogP contribution < -0.4 is 9.84 Å². The number of nitrogens with one attached hydrogen (secondary N) is 2. The molecule has 1 aromatic heterocycles. The monoisotopic (exact) mass is 512 g/mol. The first kappa shape index (κ1) is 26.1. The molecule has 2 amide bonds. The van der Waals surface area contributed by atoms with Gasteiger partial charge in [-0.05, 0) is 42.2 Å². The lowest BCUT2D eigenvalue weighted by molar-refractivity contribution is -0.133. The molecule has 2 aromatic carbocycles. The second kappa shape index (κ2) is 12.3. The van der Waals surface area contributed by atoms with Gasteiger partial charge in [-0.1, -0.05) is 49.6 Å². The summed E-state index contributed by atoms with van der Waals surface area (Å²) in [6.45, 7) is 3.07. The maximum Gasteiger partial charge on any atom is 0.451 e. The van der Waals surface area contributed by atoms with Gasteiger partial charge in [-0.2, -0.15) is 9.42 Å². The summed E-state index contributed by atoms with van der Waals surface area (Å²) >= 11 is 0. The Hall–Kier alpha value is -2.93. The number of hydrogen-bond donors (Lipinski definition) is 3. The number of benzene rings is 2. The fourth-order valence-corrected chi connectivity index (χ4v) is 4.79. The van der Waals surface area contributed by atoms with Gasteiger partial charge in [-0.15, -0.1) is 0 Å². The molecule has 0 bridgehead atoms. The fourth-order valence-electron chi connectivity index (χ4n) is 3.85. The highest BCUT2D eigenvalue weighted by molar-refractivity contribution is 7.60. The topological polar surface area (TPSA) is 104 Å². The van der Waals surface area contributed by atoms with Crippen LogP contribution in [0.3, 0.4) is 0 Å². The molecule has 3 N–H and O–H groups in total. The number of amides is 2. The molecule has 1 saturated carbocycles. The SMILES string of the molecule is C1CC1.C[P+](O)(OCc1ccccc1)Oc1ccc2[nH]cc(CCNC(=O)CN3CCCC3=O)c2c1. The zero-order valence-electron chi connectivity index (χ0n) is 20.7. The number of aromatic nitrogens is 1. The van der Waals surface area contributed by atoms with Gasteiger partial charge in [-0.25, -0.2) is 0 Å². The highest BCUT2D eigenvalue weighted by Crippen LogP contribution is 2.53. The molecule has 1 atom stereocenters. The van der Waals surface area contributed by atoms with E-state index < -0.39 is 7.94 Å². The van der Waals surface area contributed by atoms with Gasteiger partial charge in [0, 0.05) is 36.6 Å². The Morgan fingerprint density at radius 1 is 1.14 bits per heavy atom. The summed E-state index contributed by atoms with van der Waals surface area (Å²) in [5, 5.41) is 3.84. The van der Waals surface area contributed by atoms with Gasteiger partial charge < -0.3 is 15.2 Å². The molecule has 36 heavy (non-hydrogen) atoms. The van der Waals surface area contributed by atoms with Crippen molar-refractivity contribution >= 4 is 30.7 Å². The fraction of sp³-hybridized carbons (Fsp3) is 0.407. The van der Waals surface area contributed by atoms with Gasteiger partial charge in [0.1, 0.15) is 13.3 Å². The Balaban J connectivity index is 0.000000943. The van der Waals surface area contributed by atoms with Gasteiger partial charge >= 0.3 is 7.94 Å². The van der Waals surface area contributed by atoms with E-state index in [2.05, 4.69) is 10.3 Å². The van der Waals surface area contributed by atoms with E-state index in [1.807, 2.05) is 48.7 Å². The van der Waals surface area contributed by atoms with Gasteiger partial charge in [0.25, 0.3) is 0 Å². The third-order valence-corrected chi connectivity index (χ3v) is 7.06. The normalized spacial score (nSPS) is 16.3. The third-order valence-electron chi connectivity index (χ3n) is 5.90. The lowest BCUT2D eigenvalue weighted by atomic mass is 10.1. The smallest absolute Gasteiger partial charge is 0.361 e. The van der Waals surface area contributed by atoms with E-state index >= 15 is 0 Å². The number of nitrogens with zero attached hydrogens (tertiary/aromatic N) is 1. The first-order chi connectivity index (χ1) is 17.4. The second-order valence-electron chi connectivity index (χ2n) is 9.25. The van der Waals surface area contributed by atoms with Crippen LogP contribution in [0.25, 0.3) is 10.9 Å². The molecule has 2 aliphatic rings. The lowest BCUT2D eigenvalue weighted by Crippen LogP contribution is -2.38. The van der Waals surface area contributed by atoms with Crippen molar-refractivity contribution in [2.24, 2.45) is 0 Å². The number of aromatic amines is 1. The number of carbonyl (C=O) groups excluding carboxylic acids is 2. The van der Waals surface area contributed by atoms with Crippen molar-refractivity contribution < 1.29 is 23.5 Å². The number of likely N-dealkylation sites (tertiary alicyclic amines) is 1. The van der Waals surface area contributed by atoms with Crippen LogP contribution in [0.2, 0.25) is 0 Å². The molecule has 3 aromatic rings. The van der Waals surface area contributed by atoms with Crippen molar-refractivity contribution in [3.63, 3.8) is 0 Å². The van der Waals surface area contributed by atoms with Crippen LogP contribution >= 0.6 is 7.94 Å². The van der Waals surface area contributed by atoms with E-state index in [9.17, 15) is 14.5 Å². The Morgan fingerprint density at radius 3 is 2.61 bits per heavy atom. The minimum absolute atomic E-state index is 0.0424. The molecular weight excluding hydrogens is 477 g/mol. The van der Waals surface area contributed by atoms with E-state index in [0.717, 1.165) is 28.5 Å². The number of rotatable bonds is 10. The minimum Gasteiger partial charge on any atom is -0.361 e. The summed E-state index contributed by atoms with van der Waals surface area (Å²) in [6, 6.07) is 15.2. The number of hydrogen-bond acceptors (Lipinski definition) is 5. The number of fused-ring (bicyclic) bond motifs is 1. The van der Waals surface area contributed by atoms with E-state index in [4.69, 9.17) is 9.05 Å². The number of carbonyl (C=O) groups is 2. The molecule has 2 heterocycles.